The molecule has 2 heteroatoms. The molecular formula is C31H26N2. The summed E-state index contributed by atoms with van der Waals surface area (Å²) >= 11 is 0. The van der Waals surface area contributed by atoms with Crippen LogP contribution in [-0.2, 0) is 0 Å². The molecule has 0 unspecified atom stereocenters. The van der Waals surface area contributed by atoms with Crippen LogP contribution in [0.25, 0.3) is 22.3 Å². The lowest BCUT2D eigenvalue weighted by Gasteiger charge is -2.22. The molecule has 1 N–H and O–H groups in total. The molecule has 0 aliphatic heterocycles. The van der Waals surface area contributed by atoms with E-state index < -0.39 is 0 Å². The molecule has 0 atom stereocenters. The van der Waals surface area contributed by atoms with E-state index in [4.69, 9.17) is 0 Å². The fraction of sp³-hybridized carbons (Fsp3) is 0.0323. The smallest absolute Gasteiger partial charge is 0.0414 e. The zero-order chi connectivity index (χ0) is 22.5. The highest BCUT2D eigenvalue weighted by atomic mass is 15.1. The number of para-hydroxylation sites is 2. The molecule has 0 spiro atoms. The van der Waals surface area contributed by atoms with E-state index in [2.05, 4.69) is 126 Å². The van der Waals surface area contributed by atoms with Crippen LogP contribution in [0, 0.1) is 0 Å². The van der Waals surface area contributed by atoms with Gasteiger partial charge in [-0.05, 0) is 70.8 Å². The summed E-state index contributed by atoms with van der Waals surface area (Å²) in [6, 6.07) is 46.7. The third-order valence-corrected chi connectivity index (χ3v) is 5.88. The summed E-state index contributed by atoms with van der Waals surface area (Å²) in [5.74, 6) is 0. The number of benzene rings is 5. The van der Waals surface area contributed by atoms with Crippen LogP contribution in [0.5, 0.6) is 0 Å². The van der Waals surface area contributed by atoms with Gasteiger partial charge < -0.3 is 10.2 Å². The van der Waals surface area contributed by atoms with Gasteiger partial charge in [0.15, 0.2) is 0 Å². The van der Waals surface area contributed by atoms with Gasteiger partial charge in [0.2, 0.25) is 0 Å². The molecule has 0 aliphatic carbocycles. The van der Waals surface area contributed by atoms with Gasteiger partial charge >= 0.3 is 0 Å². The van der Waals surface area contributed by atoms with Gasteiger partial charge in [0.05, 0.1) is 0 Å². The lowest BCUT2D eigenvalue weighted by atomic mass is 9.93. The minimum atomic E-state index is 1.08. The molecule has 0 amide bonds. The standard InChI is InChI=1S/C31H26N2/c1-33(28-15-9-4-10-16-28)29-21-22-30(31(23-29)24-11-5-2-6-12-24)25-17-19-27(20-18-25)32-26-13-7-3-8-14-26/h2-23,32H,1H3. The van der Waals surface area contributed by atoms with Crippen LogP contribution in [0.4, 0.5) is 22.7 Å². The fourth-order valence-corrected chi connectivity index (χ4v) is 4.07. The summed E-state index contributed by atoms with van der Waals surface area (Å²) in [6.07, 6.45) is 0. The van der Waals surface area contributed by atoms with Gasteiger partial charge in [-0.1, -0.05) is 84.9 Å². The van der Waals surface area contributed by atoms with Gasteiger partial charge in [-0.15, -0.1) is 0 Å². The first-order valence-electron chi connectivity index (χ1n) is 11.2. The molecule has 33 heavy (non-hydrogen) atoms. The van der Waals surface area contributed by atoms with E-state index >= 15 is 0 Å². The largest absolute Gasteiger partial charge is 0.356 e. The molecular weight excluding hydrogens is 400 g/mol. The molecule has 0 aliphatic rings. The number of anilines is 4. The molecule has 160 valence electrons. The maximum atomic E-state index is 3.46. The summed E-state index contributed by atoms with van der Waals surface area (Å²) < 4.78 is 0. The molecule has 0 aromatic heterocycles. The number of nitrogens with zero attached hydrogens (tertiary/aromatic N) is 1. The second-order valence-electron chi connectivity index (χ2n) is 8.06. The van der Waals surface area contributed by atoms with Crippen molar-refractivity contribution in [3.05, 3.63) is 133 Å². The predicted molar refractivity (Wildman–Crippen MR) is 142 cm³/mol. The van der Waals surface area contributed by atoms with E-state index in [1.54, 1.807) is 0 Å². The monoisotopic (exact) mass is 426 g/mol. The molecule has 5 aromatic carbocycles. The normalized spacial score (nSPS) is 10.6. The Hall–Kier alpha value is -4.30. The Morgan fingerprint density at radius 3 is 1.67 bits per heavy atom. The van der Waals surface area contributed by atoms with E-state index in [0.29, 0.717) is 0 Å². The van der Waals surface area contributed by atoms with E-state index in [1.165, 1.54) is 27.9 Å². The van der Waals surface area contributed by atoms with Crippen LogP contribution in [-0.4, -0.2) is 7.05 Å². The van der Waals surface area contributed by atoms with Crippen molar-refractivity contribution in [2.45, 2.75) is 0 Å². The second-order valence-corrected chi connectivity index (χ2v) is 8.06. The van der Waals surface area contributed by atoms with Crippen molar-refractivity contribution in [1.82, 2.24) is 0 Å². The van der Waals surface area contributed by atoms with Crippen molar-refractivity contribution in [3.8, 4) is 22.3 Å². The van der Waals surface area contributed by atoms with Crippen LogP contribution < -0.4 is 10.2 Å². The molecule has 0 saturated carbocycles. The quantitative estimate of drug-likeness (QED) is 0.293. The van der Waals surface area contributed by atoms with Gasteiger partial charge in [0.1, 0.15) is 0 Å². The van der Waals surface area contributed by atoms with E-state index in [-0.39, 0.29) is 0 Å². The first kappa shape index (κ1) is 20.6. The van der Waals surface area contributed by atoms with Crippen molar-refractivity contribution in [1.29, 1.82) is 0 Å². The molecule has 0 saturated heterocycles. The Labute approximate surface area is 195 Å². The average molecular weight is 427 g/mol. The van der Waals surface area contributed by atoms with Gasteiger partial charge in [-0.3, -0.25) is 0 Å². The van der Waals surface area contributed by atoms with Gasteiger partial charge in [0, 0.05) is 29.8 Å². The van der Waals surface area contributed by atoms with Crippen molar-refractivity contribution in [3.63, 3.8) is 0 Å². The van der Waals surface area contributed by atoms with Crippen molar-refractivity contribution < 1.29 is 0 Å². The Bertz CT molecular complexity index is 1310. The molecule has 5 rings (SSSR count). The summed E-state index contributed by atoms with van der Waals surface area (Å²) in [7, 11) is 2.11. The zero-order valence-corrected chi connectivity index (χ0v) is 18.6. The molecule has 0 radical (unpaired) electrons. The summed E-state index contributed by atoms with van der Waals surface area (Å²) in [5, 5.41) is 3.46. The van der Waals surface area contributed by atoms with Crippen LogP contribution in [0.2, 0.25) is 0 Å². The molecule has 0 bridgehead atoms. The second kappa shape index (κ2) is 9.46. The maximum Gasteiger partial charge on any atom is 0.0414 e. The van der Waals surface area contributed by atoms with Crippen LogP contribution in [0.1, 0.15) is 0 Å². The van der Waals surface area contributed by atoms with E-state index in [9.17, 15) is 0 Å². The van der Waals surface area contributed by atoms with Gasteiger partial charge in [0.25, 0.3) is 0 Å². The third kappa shape index (κ3) is 4.65. The van der Waals surface area contributed by atoms with E-state index in [1.807, 2.05) is 24.3 Å². The highest BCUT2D eigenvalue weighted by molar-refractivity contribution is 5.87. The predicted octanol–water partition coefficient (Wildman–Crippen LogP) is 8.53. The van der Waals surface area contributed by atoms with Crippen LogP contribution in [0.15, 0.2) is 133 Å². The highest BCUT2D eigenvalue weighted by Gasteiger charge is 2.12. The molecule has 5 aromatic rings. The number of hydrogen-bond donors (Lipinski definition) is 1. The third-order valence-electron chi connectivity index (χ3n) is 5.88. The lowest BCUT2D eigenvalue weighted by Crippen LogP contribution is -2.09. The Morgan fingerprint density at radius 2 is 1.00 bits per heavy atom. The molecule has 2 nitrogen and oxygen atoms in total. The minimum Gasteiger partial charge on any atom is -0.356 e. The van der Waals surface area contributed by atoms with Crippen molar-refractivity contribution in [2.24, 2.45) is 0 Å². The Balaban J connectivity index is 1.51. The summed E-state index contributed by atoms with van der Waals surface area (Å²) in [4.78, 5) is 2.23. The van der Waals surface area contributed by atoms with E-state index in [0.717, 1.165) is 17.1 Å². The molecule has 0 heterocycles. The Kier molecular flexibility index (Phi) is 5.90. The number of rotatable bonds is 6. The first-order valence-corrected chi connectivity index (χ1v) is 11.2. The fourth-order valence-electron chi connectivity index (χ4n) is 4.07. The van der Waals surface area contributed by atoms with Crippen LogP contribution in [0.3, 0.4) is 0 Å². The maximum absolute atomic E-state index is 3.46. The van der Waals surface area contributed by atoms with Gasteiger partial charge in [-0.25, -0.2) is 0 Å². The summed E-state index contributed by atoms with van der Waals surface area (Å²) in [5.41, 5.74) is 9.34. The molecule has 0 fully saturated rings. The zero-order valence-electron chi connectivity index (χ0n) is 18.6. The number of hydrogen-bond acceptors (Lipinski definition) is 2. The van der Waals surface area contributed by atoms with Crippen molar-refractivity contribution >= 4 is 22.7 Å². The highest BCUT2D eigenvalue weighted by Crippen LogP contribution is 2.37. The van der Waals surface area contributed by atoms with Gasteiger partial charge in [-0.2, -0.15) is 0 Å². The van der Waals surface area contributed by atoms with Crippen molar-refractivity contribution in [2.75, 3.05) is 17.3 Å². The lowest BCUT2D eigenvalue weighted by molar-refractivity contribution is 1.21. The SMILES string of the molecule is CN(c1ccccc1)c1ccc(-c2ccc(Nc3ccccc3)cc2)c(-c2ccccc2)c1. The topological polar surface area (TPSA) is 15.3 Å². The average Bonchev–Trinajstić information content (AvgIpc) is 2.90. The summed E-state index contributed by atoms with van der Waals surface area (Å²) in [6.45, 7) is 0. The first-order chi connectivity index (χ1) is 16.3. The number of nitrogens with one attached hydrogen (secondary N) is 1. The Morgan fingerprint density at radius 1 is 0.455 bits per heavy atom. The minimum absolute atomic E-state index is 1.08. The van der Waals surface area contributed by atoms with Crippen LogP contribution >= 0.6 is 0 Å².